The highest BCUT2D eigenvalue weighted by atomic mass is 35.5. The summed E-state index contributed by atoms with van der Waals surface area (Å²) in [5.41, 5.74) is 4.17. The Kier molecular flexibility index (Phi) is 4.77. The van der Waals surface area contributed by atoms with E-state index in [4.69, 9.17) is 23.2 Å². The highest BCUT2D eigenvalue weighted by Gasteiger charge is 2.32. The molecule has 116 valence electrons. The van der Waals surface area contributed by atoms with Gasteiger partial charge in [-0.25, -0.2) is 0 Å². The number of hydrogen-bond donors (Lipinski definition) is 1. The average molecular weight is 334 g/mol. The summed E-state index contributed by atoms with van der Waals surface area (Å²) in [5.74, 6) is 0.482. The first-order valence-electron chi connectivity index (χ1n) is 7.82. The molecule has 0 unspecified atom stereocenters. The van der Waals surface area contributed by atoms with Gasteiger partial charge in [0.25, 0.3) is 0 Å². The maximum absolute atomic E-state index is 6.17. The molecular formula is C19H21Cl2N. The first-order valence-corrected chi connectivity index (χ1v) is 8.58. The largest absolute Gasteiger partial charge is 0.311 e. The van der Waals surface area contributed by atoms with Crippen LogP contribution in [0.1, 0.15) is 36.5 Å². The Morgan fingerprint density at radius 3 is 2.59 bits per heavy atom. The van der Waals surface area contributed by atoms with E-state index in [1.807, 2.05) is 12.1 Å². The third kappa shape index (κ3) is 3.32. The fourth-order valence-electron chi connectivity index (χ4n) is 3.45. The molecule has 2 atom stereocenters. The number of hydrogen-bond acceptors (Lipinski definition) is 1. The van der Waals surface area contributed by atoms with E-state index < -0.39 is 0 Å². The normalized spacial score (nSPS) is 20.4. The van der Waals surface area contributed by atoms with Gasteiger partial charge in [-0.05, 0) is 41.7 Å². The maximum atomic E-state index is 6.17. The van der Waals surface area contributed by atoms with Crippen LogP contribution < -0.4 is 5.32 Å². The second kappa shape index (κ2) is 6.62. The second-order valence-electron chi connectivity index (χ2n) is 6.39. The molecule has 0 bridgehead atoms. The van der Waals surface area contributed by atoms with Crippen molar-refractivity contribution in [2.45, 2.75) is 44.7 Å². The predicted octanol–water partition coefficient (Wildman–Crippen LogP) is 5.24. The molecule has 1 aliphatic carbocycles. The molecule has 1 N–H and O–H groups in total. The zero-order valence-electron chi connectivity index (χ0n) is 12.9. The maximum Gasteiger partial charge on any atom is 0.0595 e. The fourth-order valence-corrected chi connectivity index (χ4v) is 3.77. The van der Waals surface area contributed by atoms with E-state index in [0.717, 1.165) is 12.8 Å². The molecule has 0 saturated carbocycles. The lowest BCUT2D eigenvalue weighted by atomic mass is 9.90. The van der Waals surface area contributed by atoms with Gasteiger partial charge in [0, 0.05) is 18.0 Å². The Morgan fingerprint density at radius 2 is 1.86 bits per heavy atom. The zero-order chi connectivity index (χ0) is 15.7. The van der Waals surface area contributed by atoms with E-state index in [9.17, 15) is 0 Å². The molecule has 1 nitrogen and oxygen atoms in total. The van der Waals surface area contributed by atoms with Crippen molar-refractivity contribution in [2.75, 3.05) is 0 Å². The Hall–Kier alpha value is -1.02. The molecule has 0 fully saturated rings. The highest BCUT2D eigenvalue weighted by Crippen LogP contribution is 2.37. The Bertz CT molecular complexity index is 666. The van der Waals surface area contributed by atoms with E-state index in [0.29, 0.717) is 28.0 Å². The summed E-state index contributed by atoms with van der Waals surface area (Å²) in [6, 6.07) is 15.7. The molecule has 2 aromatic carbocycles. The van der Waals surface area contributed by atoms with Crippen LogP contribution in [-0.2, 0) is 12.8 Å². The molecule has 0 aliphatic heterocycles. The molecule has 1 aliphatic rings. The molecule has 0 amide bonds. The Labute approximate surface area is 142 Å². The molecule has 22 heavy (non-hydrogen) atoms. The fraction of sp³-hybridized carbons (Fsp3) is 0.368. The number of fused-ring (bicyclic) bond motifs is 1. The standard InChI is InChI=1S/C19H21Cl2N/c1-12(2)22-19-11-14-5-3-4-6-15(14)16(19)9-13-7-8-17(20)18(21)10-13/h3-8,10,12,16,19,22H,9,11H2,1-2H3/t16-,19+/m1/s1. The van der Waals surface area contributed by atoms with Gasteiger partial charge in [0.05, 0.1) is 10.0 Å². The summed E-state index contributed by atoms with van der Waals surface area (Å²) in [6.45, 7) is 4.42. The minimum Gasteiger partial charge on any atom is -0.311 e. The van der Waals surface area contributed by atoms with Gasteiger partial charge in [0.2, 0.25) is 0 Å². The quantitative estimate of drug-likeness (QED) is 0.806. The van der Waals surface area contributed by atoms with Crippen LogP contribution in [0.2, 0.25) is 10.0 Å². The van der Waals surface area contributed by atoms with Crippen LogP contribution in [-0.4, -0.2) is 12.1 Å². The monoisotopic (exact) mass is 333 g/mol. The van der Waals surface area contributed by atoms with Gasteiger partial charge >= 0.3 is 0 Å². The number of rotatable bonds is 4. The first kappa shape index (κ1) is 15.9. The van der Waals surface area contributed by atoms with Gasteiger partial charge in [-0.1, -0.05) is 67.4 Å². The van der Waals surface area contributed by atoms with Gasteiger partial charge < -0.3 is 5.32 Å². The van der Waals surface area contributed by atoms with E-state index >= 15 is 0 Å². The molecule has 0 spiro atoms. The van der Waals surface area contributed by atoms with Crippen molar-refractivity contribution in [3.8, 4) is 0 Å². The molecule has 0 heterocycles. The Morgan fingerprint density at radius 1 is 1.09 bits per heavy atom. The Balaban J connectivity index is 1.88. The topological polar surface area (TPSA) is 12.0 Å². The number of nitrogens with one attached hydrogen (secondary N) is 1. The minimum absolute atomic E-state index is 0.479. The molecule has 0 saturated heterocycles. The van der Waals surface area contributed by atoms with E-state index in [-0.39, 0.29) is 0 Å². The molecule has 0 radical (unpaired) electrons. The smallest absolute Gasteiger partial charge is 0.0595 e. The van der Waals surface area contributed by atoms with Crippen molar-refractivity contribution in [1.82, 2.24) is 5.32 Å². The van der Waals surface area contributed by atoms with Crippen LogP contribution in [0.25, 0.3) is 0 Å². The minimum atomic E-state index is 0.479. The molecule has 3 rings (SSSR count). The van der Waals surface area contributed by atoms with Crippen molar-refractivity contribution < 1.29 is 0 Å². The van der Waals surface area contributed by atoms with Crippen molar-refractivity contribution >= 4 is 23.2 Å². The van der Waals surface area contributed by atoms with Crippen molar-refractivity contribution in [2.24, 2.45) is 0 Å². The van der Waals surface area contributed by atoms with Gasteiger partial charge in [0.15, 0.2) is 0 Å². The molecule has 2 aromatic rings. The van der Waals surface area contributed by atoms with Crippen molar-refractivity contribution in [3.05, 3.63) is 69.2 Å². The molecule has 3 heteroatoms. The van der Waals surface area contributed by atoms with Crippen LogP contribution in [0, 0.1) is 0 Å². The number of halogens is 2. The number of benzene rings is 2. The van der Waals surface area contributed by atoms with E-state index in [1.54, 1.807) is 0 Å². The predicted molar refractivity (Wildman–Crippen MR) is 95.1 cm³/mol. The van der Waals surface area contributed by atoms with Gasteiger partial charge in [0.1, 0.15) is 0 Å². The molecule has 0 aromatic heterocycles. The second-order valence-corrected chi connectivity index (χ2v) is 7.20. The third-order valence-corrected chi connectivity index (χ3v) is 5.11. The third-order valence-electron chi connectivity index (χ3n) is 4.37. The average Bonchev–Trinajstić information content (AvgIpc) is 2.80. The van der Waals surface area contributed by atoms with E-state index in [2.05, 4.69) is 49.5 Å². The van der Waals surface area contributed by atoms with Crippen molar-refractivity contribution in [3.63, 3.8) is 0 Å². The summed E-state index contributed by atoms with van der Waals surface area (Å²) in [4.78, 5) is 0. The summed E-state index contributed by atoms with van der Waals surface area (Å²) in [7, 11) is 0. The van der Waals surface area contributed by atoms with Crippen molar-refractivity contribution in [1.29, 1.82) is 0 Å². The van der Waals surface area contributed by atoms with Crippen LogP contribution in [0.15, 0.2) is 42.5 Å². The van der Waals surface area contributed by atoms with Crippen LogP contribution >= 0.6 is 23.2 Å². The van der Waals surface area contributed by atoms with Gasteiger partial charge in [-0.15, -0.1) is 0 Å². The van der Waals surface area contributed by atoms with E-state index in [1.165, 1.54) is 16.7 Å². The SMILES string of the molecule is CC(C)N[C@H]1Cc2ccccc2[C@H]1Cc1ccc(Cl)c(Cl)c1. The summed E-state index contributed by atoms with van der Waals surface area (Å²) < 4.78 is 0. The summed E-state index contributed by atoms with van der Waals surface area (Å²) in [6.07, 6.45) is 2.08. The summed E-state index contributed by atoms with van der Waals surface area (Å²) >= 11 is 12.2. The van der Waals surface area contributed by atoms with Gasteiger partial charge in [-0.2, -0.15) is 0 Å². The first-order chi connectivity index (χ1) is 10.5. The zero-order valence-corrected chi connectivity index (χ0v) is 14.5. The van der Waals surface area contributed by atoms with Crippen LogP contribution in [0.3, 0.4) is 0 Å². The molecular weight excluding hydrogens is 313 g/mol. The lowest BCUT2D eigenvalue weighted by molar-refractivity contribution is 0.418. The lowest BCUT2D eigenvalue weighted by Gasteiger charge is -2.24. The lowest BCUT2D eigenvalue weighted by Crippen LogP contribution is -2.38. The van der Waals surface area contributed by atoms with Gasteiger partial charge in [-0.3, -0.25) is 0 Å². The van der Waals surface area contributed by atoms with Crippen LogP contribution in [0.4, 0.5) is 0 Å². The van der Waals surface area contributed by atoms with Crippen LogP contribution in [0.5, 0.6) is 0 Å². The highest BCUT2D eigenvalue weighted by molar-refractivity contribution is 6.42. The summed E-state index contributed by atoms with van der Waals surface area (Å²) in [5, 5.41) is 4.98.